The van der Waals surface area contributed by atoms with E-state index in [1.54, 1.807) is 22.7 Å². The highest BCUT2D eigenvalue weighted by atomic mass is 32.2. The number of thioether (sulfide) groups is 1. The highest BCUT2D eigenvalue weighted by Crippen LogP contribution is 2.30. The monoisotopic (exact) mass is 353 g/mol. The number of nitrogens with one attached hydrogen (secondary N) is 1. The predicted octanol–water partition coefficient (Wildman–Crippen LogP) is 3.16. The SMILES string of the molecule is CC(=O)Nc1ccc(C2=Nn3c(nnc3-c3ccoc3C)SC2)cc1. The molecular formula is C17H15N5O2S. The van der Waals surface area contributed by atoms with Crippen LogP contribution in [0.2, 0.25) is 0 Å². The molecule has 3 heterocycles. The van der Waals surface area contributed by atoms with E-state index < -0.39 is 0 Å². The van der Waals surface area contributed by atoms with Crippen molar-refractivity contribution in [2.75, 3.05) is 11.1 Å². The molecule has 0 bridgehead atoms. The molecule has 0 spiro atoms. The van der Waals surface area contributed by atoms with Gasteiger partial charge in [-0.3, -0.25) is 4.79 Å². The van der Waals surface area contributed by atoms with Crippen LogP contribution in [0.4, 0.5) is 5.69 Å². The molecule has 126 valence electrons. The van der Waals surface area contributed by atoms with E-state index in [4.69, 9.17) is 9.52 Å². The summed E-state index contributed by atoms with van der Waals surface area (Å²) in [6, 6.07) is 9.49. The van der Waals surface area contributed by atoms with Gasteiger partial charge in [-0.25, -0.2) is 0 Å². The summed E-state index contributed by atoms with van der Waals surface area (Å²) in [6.45, 7) is 3.38. The molecule has 4 rings (SSSR count). The number of rotatable bonds is 3. The molecule has 0 saturated heterocycles. The van der Waals surface area contributed by atoms with E-state index in [2.05, 4.69) is 15.5 Å². The minimum atomic E-state index is -0.0902. The predicted molar refractivity (Wildman–Crippen MR) is 95.9 cm³/mol. The Hall–Kier alpha value is -2.87. The lowest BCUT2D eigenvalue weighted by atomic mass is 10.1. The van der Waals surface area contributed by atoms with Crippen LogP contribution in [0.1, 0.15) is 18.2 Å². The third kappa shape index (κ3) is 2.96. The summed E-state index contributed by atoms with van der Waals surface area (Å²) in [6.07, 6.45) is 1.63. The first-order valence-corrected chi connectivity index (χ1v) is 8.69. The van der Waals surface area contributed by atoms with Crippen LogP contribution in [0.15, 0.2) is 51.3 Å². The van der Waals surface area contributed by atoms with Gasteiger partial charge in [0.2, 0.25) is 11.1 Å². The lowest BCUT2D eigenvalue weighted by Crippen LogP contribution is -2.14. The van der Waals surface area contributed by atoms with Crippen molar-refractivity contribution in [1.82, 2.24) is 14.9 Å². The van der Waals surface area contributed by atoms with Gasteiger partial charge in [-0.15, -0.1) is 10.2 Å². The molecule has 1 aromatic carbocycles. The van der Waals surface area contributed by atoms with Gasteiger partial charge in [0.25, 0.3) is 0 Å². The normalized spacial score (nSPS) is 13.3. The zero-order valence-electron chi connectivity index (χ0n) is 13.7. The molecule has 1 N–H and O–H groups in total. The highest BCUT2D eigenvalue weighted by Gasteiger charge is 2.22. The van der Waals surface area contributed by atoms with E-state index in [9.17, 15) is 4.79 Å². The van der Waals surface area contributed by atoms with Crippen molar-refractivity contribution in [2.24, 2.45) is 5.10 Å². The number of anilines is 1. The molecule has 0 unspecified atom stereocenters. The molecule has 7 nitrogen and oxygen atoms in total. The Morgan fingerprint density at radius 2 is 2.04 bits per heavy atom. The number of hydrogen-bond donors (Lipinski definition) is 1. The number of aromatic nitrogens is 3. The van der Waals surface area contributed by atoms with E-state index in [-0.39, 0.29) is 5.91 Å². The van der Waals surface area contributed by atoms with Crippen LogP contribution in [-0.4, -0.2) is 32.2 Å². The number of hydrogen-bond acceptors (Lipinski definition) is 6. The zero-order valence-corrected chi connectivity index (χ0v) is 14.5. The van der Waals surface area contributed by atoms with Crippen LogP contribution < -0.4 is 5.32 Å². The molecule has 0 fully saturated rings. The van der Waals surface area contributed by atoms with Crippen molar-refractivity contribution in [3.8, 4) is 11.4 Å². The summed E-state index contributed by atoms with van der Waals surface area (Å²) in [4.78, 5) is 11.1. The Bertz CT molecular complexity index is 971. The van der Waals surface area contributed by atoms with Gasteiger partial charge >= 0.3 is 0 Å². The van der Waals surface area contributed by atoms with Crippen molar-refractivity contribution in [2.45, 2.75) is 19.0 Å². The van der Waals surface area contributed by atoms with Crippen molar-refractivity contribution >= 4 is 29.1 Å². The van der Waals surface area contributed by atoms with E-state index in [0.717, 1.165) is 33.4 Å². The van der Waals surface area contributed by atoms with Gasteiger partial charge in [-0.1, -0.05) is 23.9 Å². The fourth-order valence-electron chi connectivity index (χ4n) is 2.60. The smallest absolute Gasteiger partial charge is 0.221 e. The van der Waals surface area contributed by atoms with Gasteiger partial charge in [0, 0.05) is 18.4 Å². The molecule has 0 radical (unpaired) electrons. The molecule has 0 saturated carbocycles. The van der Waals surface area contributed by atoms with Gasteiger partial charge in [-0.05, 0) is 30.7 Å². The molecule has 8 heteroatoms. The van der Waals surface area contributed by atoms with Gasteiger partial charge < -0.3 is 9.73 Å². The number of aryl methyl sites for hydroxylation is 1. The molecule has 0 aliphatic carbocycles. The topological polar surface area (TPSA) is 85.3 Å². The maximum atomic E-state index is 11.1. The minimum Gasteiger partial charge on any atom is -0.469 e. The lowest BCUT2D eigenvalue weighted by molar-refractivity contribution is -0.114. The van der Waals surface area contributed by atoms with E-state index >= 15 is 0 Å². The van der Waals surface area contributed by atoms with Crippen LogP contribution >= 0.6 is 11.8 Å². The summed E-state index contributed by atoms with van der Waals surface area (Å²) < 4.78 is 7.12. The maximum Gasteiger partial charge on any atom is 0.221 e. The molecule has 1 aliphatic rings. The number of furan rings is 1. The summed E-state index contributed by atoms with van der Waals surface area (Å²) >= 11 is 1.59. The minimum absolute atomic E-state index is 0.0902. The second-order valence-electron chi connectivity index (χ2n) is 5.60. The number of benzene rings is 1. The van der Waals surface area contributed by atoms with Crippen molar-refractivity contribution < 1.29 is 9.21 Å². The first-order chi connectivity index (χ1) is 12.1. The van der Waals surface area contributed by atoms with E-state index in [0.29, 0.717) is 11.6 Å². The van der Waals surface area contributed by atoms with E-state index in [1.807, 2.05) is 37.3 Å². The number of nitrogens with zero attached hydrogens (tertiary/aromatic N) is 4. The van der Waals surface area contributed by atoms with Crippen LogP contribution in [-0.2, 0) is 4.79 Å². The molecule has 1 aliphatic heterocycles. The Kier molecular flexibility index (Phi) is 3.89. The van der Waals surface area contributed by atoms with Gasteiger partial charge in [0.05, 0.1) is 17.5 Å². The average molecular weight is 353 g/mol. The van der Waals surface area contributed by atoms with Gasteiger partial charge in [0.15, 0.2) is 5.82 Å². The maximum absolute atomic E-state index is 11.1. The van der Waals surface area contributed by atoms with Crippen LogP contribution in [0, 0.1) is 6.92 Å². The zero-order chi connectivity index (χ0) is 17.4. The van der Waals surface area contributed by atoms with Crippen molar-refractivity contribution in [3.05, 3.63) is 47.9 Å². The summed E-state index contributed by atoms with van der Waals surface area (Å²) in [5.74, 6) is 2.07. The standard InChI is InChI=1S/C17H15N5O2S/c1-10-14(7-8-24-10)16-19-20-17-22(16)21-15(9-25-17)12-3-5-13(6-4-12)18-11(2)23/h3-8H,9H2,1-2H3,(H,18,23). The molecular weight excluding hydrogens is 338 g/mol. The third-order valence-electron chi connectivity index (χ3n) is 3.81. The quantitative estimate of drug-likeness (QED) is 0.782. The van der Waals surface area contributed by atoms with Crippen molar-refractivity contribution in [1.29, 1.82) is 0 Å². The fraction of sp³-hybridized carbons (Fsp3) is 0.176. The molecule has 1 amide bonds. The van der Waals surface area contributed by atoms with Gasteiger partial charge in [-0.2, -0.15) is 9.78 Å². The van der Waals surface area contributed by atoms with Crippen LogP contribution in [0.25, 0.3) is 11.4 Å². The Labute approximate surface area is 148 Å². The molecule has 2 aromatic heterocycles. The van der Waals surface area contributed by atoms with Crippen LogP contribution in [0.5, 0.6) is 0 Å². The fourth-order valence-corrected chi connectivity index (χ4v) is 3.44. The molecule has 25 heavy (non-hydrogen) atoms. The van der Waals surface area contributed by atoms with Gasteiger partial charge in [0.1, 0.15) is 5.76 Å². The Balaban J connectivity index is 1.69. The number of fused-ring (bicyclic) bond motifs is 1. The average Bonchev–Trinajstić information content (AvgIpc) is 3.20. The summed E-state index contributed by atoms with van der Waals surface area (Å²) in [5.41, 5.74) is 3.57. The Morgan fingerprint density at radius 3 is 2.72 bits per heavy atom. The number of carbonyl (C=O) groups is 1. The first-order valence-electron chi connectivity index (χ1n) is 7.70. The second-order valence-corrected chi connectivity index (χ2v) is 6.54. The van der Waals surface area contributed by atoms with Crippen molar-refractivity contribution in [3.63, 3.8) is 0 Å². The molecule has 0 atom stereocenters. The second kappa shape index (κ2) is 6.21. The van der Waals surface area contributed by atoms with Crippen LogP contribution in [0.3, 0.4) is 0 Å². The number of amides is 1. The lowest BCUT2D eigenvalue weighted by Gasteiger charge is -2.14. The largest absolute Gasteiger partial charge is 0.469 e. The molecule has 3 aromatic rings. The summed E-state index contributed by atoms with van der Waals surface area (Å²) in [5, 5.41) is 16.7. The Morgan fingerprint density at radius 1 is 1.24 bits per heavy atom. The summed E-state index contributed by atoms with van der Waals surface area (Å²) in [7, 11) is 0. The third-order valence-corrected chi connectivity index (χ3v) is 4.74. The first kappa shape index (κ1) is 15.6. The highest BCUT2D eigenvalue weighted by molar-refractivity contribution is 7.99. The van der Waals surface area contributed by atoms with E-state index in [1.165, 1.54) is 6.92 Å². The number of carbonyl (C=O) groups excluding carboxylic acids is 1.